The summed E-state index contributed by atoms with van der Waals surface area (Å²) in [7, 11) is -3.25. The van der Waals surface area contributed by atoms with E-state index in [0.717, 1.165) is 5.41 Å². The number of morpholine rings is 1. The Morgan fingerprint density at radius 3 is 2.62 bits per heavy atom. The molecule has 72 valence electrons. The Labute approximate surface area is 76.6 Å². The van der Waals surface area contributed by atoms with Crippen molar-refractivity contribution < 1.29 is 13.2 Å². The van der Waals surface area contributed by atoms with Gasteiger partial charge >= 0.3 is 0 Å². The quantitative estimate of drug-likeness (QED) is 0.535. The molecule has 6 heteroatoms. The Bertz CT molecular complexity index is 352. The SMILES string of the molecule is O=S1(=O)C=CN=C1N1CCOCC1. The highest BCUT2D eigenvalue weighted by atomic mass is 32.2. The standard InChI is InChI=1S/C7H10N2O3S/c10-13(11)6-1-8-7(13)9-2-4-12-5-3-9/h1,6H,2-5H2. The topological polar surface area (TPSA) is 59.0 Å². The van der Waals surface area contributed by atoms with E-state index in [4.69, 9.17) is 4.74 Å². The van der Waals surface area contributed by atoms with E-state index in [1.165, 1.54) is 6.20 Å². The first-order chi connectivity index (χ1) is 6.20. The average Bonchev–Trinajstić information content (AvgIpc) is 2.47. The maximum Gasteiger partial charge on any atom is 0.234 e. The number of aliphatic imine (C=N–C) groups is 1. The summed E-state index contributed by atoms with van der Waals surface area (Å²) in [6, 6.07) is 0. The molecule has 1 fully saturated rings. The summed E-state index contributed by atoms with van der Waals surface area (Å²) in [5.74, 6) is 0. The number of nitrogens with zero attached hydrogens (tertiary/aromatic N) is 2. The maximum atomic E-state index is 11.4. The van der Waals surface area contributed by atoms with Gasteiger partial charge < -0.3 is 9.64 Å². The lowest BCUT2D eigenvalue weighted by Crippen LogP contribution is -2.42. The Hall–Kier alpha value is -0.880. The maximum absolute atomic E-state index is 11.4. The normalized spacial score (nSPS) is 26.2. The van der Waals surface area contributed by atoms with E-state index in [0.29, 0.717) is 26.3 Å². The average molecular weight is 202 g/mol. The first-order valence-corrected chi connectivity index (χ1v) is 5.57. The Balaban J connectivity index is 2.18. The second kappa shape index (κ2) is 3.12. The van der Waals surface area contributed by atoms with Crippen LogP contribution < -0.4 is 0 Å². The van der Waals surface area contributed by atoms with Crippen LogP contribution in [-0.2, 0) is 14.6 Å². The van der Waals surface area contributed by atoms with Crippen molar-refractivity contribution in [1.29, 1.82) is 0 Å². The molecule has 0 aromatic heterocycles. The van der Waals surface area contributed by atoms with Crippen LogP contribution in [0.2, 0.25) is 0 Å². The van der Waals surface area contributed by atoms with Crippen LogP contribution in [0, 0.1) is 0 Å². The summed E-state index contributed by atoms with van der Waals surface area (Å²) in [5.41, 5.74) is 0. The van der Waals surface area contributed by atoms with E-state index in [-0.39, 0.29) is 5.17 Å². The summed E-state index contributed by atoms with van der Waals surface area (Å²) in [6.07, 6.45) is 1.32. The molecular weight excluding hydrogens is 192 g/mol. The van der Waals surface area contributed by atoms with E-state index in [2.05, 4.69) is 4.99 Å². The van der Waals surface area contributed by atoms with Gasteiger partial charge in [-0.3, -0.25) is 0 Å². The van der Waals surface area contributed by atoms with Crippen LogP contribution in [0.4, 0.5) is 0 Å². The van der Waals surface area contributed by atoms with Gasteiger partial charge in [0.2, 0.25) is 15.0 Å². The van der Waals surface area contributed by atoms with E-state index in [1.54, 1.807) is 4.90 Å². The van der Waals surface area contributed by atoms with Gasteiger partial charge in [-0.15, -0.1) is 0 Å². The summed E-state index contributed by atoms with van der Waals surface area (Å²) in [5, 5.41) is 1.29. The van der Waals surface area contributed by atoms with E-state index in [9.17, 15) is 8.42 Å². The summed E-state index contributed by atoms with van der Waals surface area (Å²) >= 11 is 0. The van der Waals surface area contributed by atoms with E-state index in [1.807, 2.05) is 0 Å². The lowest BCUT2D eigenvalue weighted by molar-refractivity contribution is 0.0692. The molecule has 0 unspecified atom stereocenters. The number of sulfone groups is 1. The second-order valence-electron chi connectivity index (χ2n) is 2.84. The van der Waals surface area contributed by atoms with E-state index >= 15 is 0 Å². The van der Waals surface area contributed by atoms with E-state index < -0.39 is 9.84 Å². The molecule has 0 radical (unpaired) electrons. The van der Waals surface area contributed by atoms with Gasteiger partial charge in [-0.05, 0) is 0 Å². The van der Waals surface area contributed by atoms with Gasteiger partial charge in [0.1, 0.15) is 0 Å². The minimum Gasteiger partial charge on any atom is -0.378 e. The van der Waals surface area contributed by atoms with Gasteiger partial charge in [-0.1, -0.05) is 0 Å². The van der Waals surface area contributed by atoms with Gasteiger partial charge in [0.15, 0.2) is 0 Å². The zero-order valence-electron chi connectivity index (χ0n) is 7.01. The van der Waals surface area contributed by atoms with Crippen LogP contribution in [0.5, 0.6) is 0 Å². The van der Waals surface area contributed by atoms with Crippen LogP contribution >= 0.6 is 0 Å². The third-order valence-corrected chi connectivity index (χ3v) is 3.31. The number of hydrogen-bond donors (Lipinski definition) is 0. The Morgan fingerprint density at radius 1 is 1.38 bits per heavy atom. The van der Waals surface area contributed by atoms with Crippen LogP contribution in [-0.4, -0.2) is 44.8 Å². The fraction of sp³-hybridized carbons (Fsp3) is 0.571. The molecule has 2 rings (SSSR count). The number of hydrogen-bond acceptors (Lipinski definition) is 5. The molecule has 13 heavy (non-hydrogen) atoms. The number of amidine groups is 1. The molecule has 2 heterocycles. The molecule has 0 aromatic rings. The predicted octanol–water partition coefficient (Wildman–Crippen LogP) is -0.426. The first-order valence-electron chi connectivity index (χ1n) is 4.02. The van der Waals surface area contributed by atoms with Gasteiger partial charge in [0.25, 0.3) is 0 Å². The van der Waals surface area contributed by atoms with Crippen LogP contribution in [0.1, 0.15) is 0 Å². The van der Waals surface area contributed by atoms with Crippen molar-refractivity contribution in [3.05, 3.63) is 11.6 Å². The Kier molecular flexibility index (Phi) is 2.09. The monoisotopic (exact) mass is 202 g/mol. The highest BCUT2D eigenvalue weighted by Crippen LogP contribution is 2.11. The lowest BCUT2D eigenvalue weighted by Gasteiger charge is -2.27. The van der Waals surface area contributed by atoms with Crippen molar-refractivity contribution in [3.63, 3.8) is 0 Å². The molecule has 0 atom stereocenters. The fourth-order valence-electron chi connectivity index (χ4n) is 1.32. The molecule has 0 spiro atoms. The lowest BCUT2D eigenvalue weighted by atomic mass is 10.5. The minimum atomic E-state index is -3.25. The van der Waals surface area contributed by atoms with Gasteiger partial charge in [0.05, 0.1) is 18.6 Å². The van der Waals surface area contributed by atoms with Crippen LogP contribution in [0.3, 0.4) is 0 Å². The summed E-state index contributed by atoms with van der Waals surface area (Å²) < 4.78 is 27.8. The third kappa shape index (κ3) is 1.59. The molecule has 2 aliphatic heterocycles. The van der Waals surface area contributed by atoms with Crippen LogP contribution in [0.15, 0.2) is 16.6 Å². The Morgan fingerprint density at radius 2 is 2.08 bits per heavy atom. The zero-order chi connectivity index (χ0) is 9.31. The largest absolute Gasteiger partial charge is 0.378 e. The van der Waals surface area contributed by atoms with Crippen molar-refractivity contribution in [2.75, 3.05) is 26.3 Å². The third-order valence-electron chi connectivity index (χ3n) is 1.96. The molecule has 0 bridgehead atoms. The smallest absolute Gasteiger partial charge is 0.234 e. The summed E-state index contributed by atoms with van der Waals surface area (Å²) in [6.45, 7) is 2.32. The number of ether oxygens (including phenoxy) is 1. The highest BCUT2D eigenvalue weighted by Gasteiger charge is 2.27. The van der Waals surface area contributed by atoms with Crippen molar-refractivity contribution in [1.82, 2.24) is 4.90 Å². The summed E-state index contributed by atoms with van der Waals surface area (Å²) in [4.78, 5) is 5.57. The molecule has 0 aliphatic carbocycles. The molecule has 0 aromatic carbocycles. The minimum absolute atomic E-state index is 0.163. The van der Waals surface area contributed by atoms with Crippen molar-refractivity contribution >= 4 is 15.0 Å². The molecule has 0 amide bonds. The van der Waals surface area contributed by atoms with Gasteiger partial charge in [-0.25, -0.2) is 13.4 Å². The highest BCUT2D eigenvalue weighted by molar-refractivity contribution is 8.09. The van der Waals surface area contributed by atoms with Crippen molar-refractivity contribution in [2.45, 2.75) is 0 Å². The molecule has 5 nitrogen and oxygen atoms in total. The number of rotatable bonds is 0. The fourth-order valence-corrected chi connectivity index (χ4v) is 2.42. The zero-order valence-corrected chi connectivity index (χ0v) is 7.83. The molecule has 0 N–H and O–H groups in total. The van der Waals surface area contributed by atoms with Crippen molar-refractivity contribution in [3.8, 4) is 0 Å². The van der Waals surface area contributed by atoms with Crippen molar-refractivity contribution in [2.24, 2.45) is 4.99 Å². The predicted molar refractivity (Wildman–Crippen MR) is 47.9 cm³/mol. The van der Waals surface area contributed by atoms with Gasteiger partial charge in [0, 0.05) is 19.3 Å². The molecule has 1 saturated heterocycles. The molecule has 0 saturated carbocycles. The van der Waals surface area contributed by atoms with Gasteiger partial charge in [-0.2, -0.15) is 0 Å². The second-order valence-corrected chi connectivity index (χ2v) is 4.57. The first kappa shape index (κ1) is 8.71. The van der Waals surface area contributed by atoms with Crippen LogP contribution in [0.25, 0.3) is 0 Å². The molecular formula is C7H10N2O3S. The molecule has 2 aliphatic rings.